The number of benzene rings is 1. The number of halogens is 2. The Kier molecular flexibility index (Phi) is 3.51. The highest BCUT2D eigenvalue weighted by molar-refractivity contribution is 5.97. The van der Waals surface area contributed by atoms with Crippen molar-refractivity contribution in [3.63, 3.8) is 0 Å². The van der Waals surface area contributed by atoms with Gasteiger partial charge in [-0.15, -0.1) is 0 Å². The summed E-state index contributed by atoms with van der Waals surface area (Å²) in [5.74, 6) is -2.55. The van der Waals surface area contributed by atoms with E-state index in [2.05, 4.69) is 0 Å². The molecule has 15 heavy (non-hydrogen) atoms. The van der Waals surface area contributed by atoms with Gasteiger partial charge in [-0.1, -0.05) is 6.92 Å². The smallest absolute Gasteiger partial charge is 0.166 e. The number of carbonyl (C=O) groups is 1. The van der Waals surface area contributed by atoms with Crippen LogP contribution >= 0.6 is 0 Å². The van der Waals surface area contributed by atoms with Gasteiger partial charge in [0, 0.05) is 24.0 Å². The highest BCUT2D eigenvalue weighted by Crippen LogP contribution is 2.14. The molecule has 0 spiro atoms. The fourth-order valence-corrected chi connectivity index (χ4v) is 1.21. The van der Waals surface area contributed by atoms with E-state index in [9.17, 15) is 13.6 Å². The summed E-state index contributed by atoms with van der Waals surface area (Å²) in [6.07, 6.45) is 0.0387. The molecule has 0 saturated carbocycles. The maximum absolute atomic E-state index is 12.8. The molecule has 0 aliphatic heterocycles. The van der Waals surface area contributed by atoms with Crippen LogP contribution in [0.3, 0.4) is 0 Å². The maximum atomic E-state index is 12.8. The lowest BCUT2D eigenvalue weighted by atomic mass is 9.97. The summed E-state index contributed by atoms with van der Waals surface area (Å²) in [6, 6.07) is 4.48. The van der Waals surface area contributed by atoms with Crippen molar-refractivity contribution in [2.24, 2.45) is 5.92 Å². The fourth-order valence-electron chi connectivity index (χ4n) is 1.21. The minimum atomic E-state index is -0.789. The quantitative estimate of drug-likeness (QED) is 0.718. The highest BCUT2D eigenvalue weighted by atomic mass is 19.1. The van der Waals surface area contributed by atoms with Gasteiger partial charge in [0.1, 0.15) is 11.6 Å². The molecule has 0 amide bonds. The molecular weight excluding hydrogens is 200 g/mol. The van der Waals surface area contributed by atoms with E-state index in [1.54, 1.807) is 6.92 Å². The Morgan fingerprint density at radius 3 is 2.40 bits per heavy atom. The van der Waals surface area contributed by atoms with Crippen LogP contribution in [0.5, 0.6) is 0 Å². The summed E-state index contributed by atoms with van der Waals surface area (Å²) in [6.45, 7) is 1.55. The fraction of sp³-hybridized carbons (Fsp3) is 0.273. The van der Waals surface area contributed by atoms with E-state index in [0.717, 1.165) is 12.1 Å². The van der Waals surface area contributed by atoms with Crippen LogP contribution in [-0.4, -0.2) is 5.78 Å². The Morgan fingerprint density at radius 2 is 1.93 bits per heavy atom. The van der Waals surface area contributed by atoms with E-state index in [-0.39, 0.29) is 12.0 Å². The summed E-state index contributed by atoms with van der Waals surface area (Å²) in [7, 11) is 0. The number of nitrogens with zero attached hydrogens (tertiary/aromatic N) is 1. The van der Waals surface area contributed by atoms with Crippen LogP contribution in [0.25, 0.3) is 0 Å². The molecule has 78 valence electrons. The molecule has 1 aromatic rings. The van der Waals surface area contributed by atoms with Crippen LogP contribution in [0.15, 0.2) is 18.2 Å². The SMILES string of the molecule is CC(CC#N)C(=O)c1cc(F)cc(F)c1. The minimum Gasteiger partial charge on any atom is -0.294 e. The van der Waals surface area contributed by atoms with Crippen molar-refractivity contribution < 1.29 is 13.6 Å². The molecule has 0 aliphatic carbocycles. The van der Waals surface area contributed by atoms with Crippen molar-refractivity contribution in [2.75, 3.05) is 0 Å². The molecule has 0 fully saturated rings. The van der Waals surface area contributed by atoms with Crippen LogP contribution in [0, 0.1) is 28.9 Å². The summed E-state index contributed by atoms with van der Waals surface area (Å²) in [5, 5.41) is 8.39. The second-order valence-corrected chi connectivity index (χ2v) is 3.29. The average molecular weight is 209 g/mol. The van der Waals surface area contributed by atoms with Gasteiger partial charge < -0.3 is 0 Å². The van der Waals surface area contributed by atoms with Gasteiger partial charge in [0.25, 0.3) is 0 Å². The number of nitriles is 1. The topological polar surface area (TPSA) is 40.9 Å². The predicted molar refractivity (Wildman–Crippen MR) is 50.1 cm³/mol. The van der Waals surface area contributed by atoms with E-state index in [0.29, 0.717) is 6.07 Å². The molecule has 1 rings (SSSR count). The third-order valence-electron chi connectivity index (χ3n) is 1.99. The number of rotatable bonds is 3. The summed E-state index contributed by atoms with van der Waals surface area (Å²) < 4.78 is 25.6. The molecule has 0 N–H and O–H groups in total. The first-order valence-electron chi connectivity index (χ1n) is 4.42. The van der Waals surface area contributed by atoms with Gasteiger partial charge in [0.2, 0.25) is 0 Å². The van der Waals surface area contributed by atoms with Crippen LogP contribution < -0.4 is 0 Å². The number of hydrogen-bond acceptors (Lipinski definition) is 2. The maximum Gasteiger partial charge on any atom is 0.166 e. The van der Waals surface area contributed by atoms with Crippen molar-refractivity contribution in [3.8, 4) is 6.07 Å². The van der Waals surface area contributed by atoms with Crippen LogP contribution in [-0.2, 0) is 0 Å². The lowest BCUT2D eigenvalue weighted by Crippen LogP contribution is -2.11. The zero-order valence-corrected chi connectivity index (χ0v) is 8.13. The Balaban J connectivity index is 2.97. The second-order valence-electron chi connectivity index (χ2n) is 3.29. The van der Waals surface area contributed by atoms with Gasteiger partial charge in [-0.05, 0) is 12.1 Å². The van der Waals surface area contributed by atoms with Gasteiger partial charge in [-0.2, -0.15) is 5.26 Å². The van der Waals surface area contributed by atoms with E-state index in [1.165, 1.54) is 0 Å². The predicted octanol–water partition coefficient (Wildman–Crippen LogP) is 2.70. The molecule has 0 radical (unpaired) electrons. The first-order chi connectivity index (χ1) is 7.04. The van der Waals surface area contributed by atoms with E-state index in [4.69, 9.17) is 5.26 Å². The Hall–Kier alpha value is -1.76. The monoisotopic (exact) mass is 209 g/mol. The van der Waals surface area contributed by atoms with Gasteiger partial charge in [0.05, 0.1) is 6.07 Å². The summed E-state index contributed by atoms with van der Waals surface area (Å²) in [4.78, 5) is 11.6. The Bertz CT molecular complexity index is 403. The molecule has 0 heterocycles. The molecular formula is C11H9F2NO. The van der Waals surface area contributed by atoms with Gasteiger partial charge in [-0.3, -0.25) is 4.79 Å². The van der Waals surface area contributed by atoms with Gasteiger partial charge in [-0.25, -0.2) is 8.78 Å². The standard InChI is InChI=1S/C11H9F2NO/c1-7(2-3-14)11(15)8-4-9(12)6-10(13)5-8/h4-7H,2H2,1H3. The number of ketones is 1. The first kappa shape index (κ1) is 11.3. The molecule has 2 nitrogen and oxygen atoms in total. The molecule has 1 aromatic carbocycles. The lowest BCUT2D eigenvalue weighted by Gasteiger charge is -2.06. The van der Waals surface area contributed by atoms with Gasteiger partial charge >= 0.3 is 0 Å². The van der Waals surface area contributed by atoms with E-state index in [1.807, 2.05) is 6.07 Å². The van der Waals surface area contributed by atoms with Crippen molar-refractivity contribution in [1.29, 1.82) is 5.26 Å². The first-order valence-corrected chi connectivity index (χ1v) is 4.42. The highest BCUT2D eigenvalue weighted by Gasteiger charge is 2.16. The normalized spacial score (nSPS) is 11.9. The molecule has 0 bridgehead atoms. The second kappa shape index (κ2) is 4.65. The molecule has 0 aromatic heterocycles. The molecule has 1 unspecified atom stereocenters. The molecule has 0 saturated heterocycles. The van der Waals surface area contributed by atoms with Crippen LogP contribution in [0.2, 0.25) is 0 Å². The number of carbonyl (C=O) groups excluding carboxylic acids is 1. The van der Waals surface area contributed by atoms with Crippen LogP contribution in [0.4, 0.5) is 8.78 Å². The summed E-state index contributed by atoms with van der Waals surface area (Å²) >= 11 is 0. The van der Waals surface area contributed by atoms with Crippen molar-refractivity contribution in [2.45, 2.75) is 13.3 Å². The summed E-state index contributed by atoms with van der Waals surface area (Å²) in [5.41, 5.74) is -0.0322. The zero-order valence-electron chi connectivity index (χ0n) is 8.13. The number of hydrogen-bond donors (Lipinski definition) is 0. The average Bonchev–Trinajstić information content (AvgIpc) is 2.15. The van der Waals surface area contributed by atoms with Crippen LogP contribution in [0.1, 0.15) is 23.7 Å². The van der Waals surface area contributed by atoms with E-state index >= 15 is 0 Å². The Labute approximate surface area is 86.1 Å². The van der Waals surface area contributed by atoms with Crippen molar-refractivity contribution >= 4 is 5.78 Å². The lowest BCUT2D eigenvalue weighted by molar-refractivity contribution is 0.0931. The third kappa shape index (κ3) is 2.84. The molecule has 1 atom stereocenters. The largest absolute Gasteiger partial charge is 0.294 e. The zero-order chi connectivity index (χ0) is 11.4. The van der Waals surface area contributed by atoms with Gasteiger partial charge in [0.15, 0.2) is 5.78 Å². The van der Waals surface area contributed by atoms with Crippen molar-refractivity contribution in [3.05, 3.63) is 35.4 Å². The molecule has 4 heteroatoms. The molecule has 0 aliphatic rings. The van der Waals surface area contributed by atoms with E-state index < -0.39 is 23.3 Å². The van der Waals surface area contributed by atoms with Crippen molar-refractivity contribution in [1.82, 2.24) is 0 Å². The third-order valence-corrected chi connectivity index (χ3v) is 1.99. The minimum absolute atomic E-state index is 0.0322. The number of Topliss-reactive ketones (excluding diaryl/α,β-unsaturated/α-hetero) is 1. The Morgan fingerprint density at radius 1 is 1.40 bits per heavy atom.